The quantitative estimate of drug-likeness (QED) is 0.683. The molecular weight excluding hydrogens is 272 g/mol. The van der Waals surface area contributed by atoms with Crippen LogP contribution < -0.4 is 0 Å². The van der Waals surface area contributed by atoms with Gasteiger partial charge in [0.1, 0.15) is 6.10 Å². The summed E-state index contributed by atoms with van der Waals surface area (Å²) < 4.78 is 6.00. The molecule has 2 rings (SSSR count). The van der Waals surface area contributed by atoms with Gasteiger partial charge in [-0.05, 0) is 42.1 Å². The molecule has 0 aromatic heterocycles. The zero-order chi connectivity index (χ0) is 16.4. The van der Waals surface area contributed by atoms with Crippen molar-refractivity contribution in [3.05, 3.63) is 23.8 Å². The Kier molecular flexibility index (Phi) is 5.52. The lowest BCUT2D eigenvalue weighted by Gasteiger charge is -2.44. The van der Waals surface area contributed by atoms with E-state index in [-0.39, 0.29) is 18.0 Å². The van der Waals surface area contributed by atoms with E-state index in [0.717, 1.165) is 12.8 Å². The van der Waals surface area contributed by atoms with Crippen molar-refractivity contribution in [2.75, 3.05) is 0 Å². The molecule has 0 fully saturated rings. The van der Waals surface area contributed by atoms with Crippen molar-refractivity contribution in [1.29, 1.82) is 0 Å². The Morgan fingerprint density at radius 2 is 2.00 bits per heavy atom. The summed E-state index contributed by atoms with van der Waals surface area (Å²) in [5.74, 6) is 2.51. The minimum atomic E-state index is -0.0225. The maximum absolute atomic E-state index is 12.3. The first-order valence-electron chi connectivity index (χ1n) is 8.95. The molecule has 6 atom stereocenters. The van der Waals surface area contributed by atoms with Crippen LogP contribution in [0.15, 0.2) is 23.8 Å². The number of carbonyl (C=O) groups excluding carboxylic acids is 1. The van der Waals surface area contributed by atoms with E-state index < -0.39 is 0 Å². The highest BCUT2D eigenvalue weighted by Crippen LogP contribution is 2.45. The minimum absolute atomic E-state index is 0.00119. The lowest BCUT2D eigenvalue weighted by molar-refractivity contribution is -0.158. The van der Waals surface area contributed by atoms with E-state index in [0.29, 0.717) is 29.6 Å². The summed E-state index contributed by atoms with van der Waals surface area (Å²) in [4.78, 5) is 12.3. The molecule has 0 saturated heterocycles. The second-order valence-corrected chi connectivity index (χ2v) is 7.73. The average Bonchev–Trinajstić information content (AvgIpc) is 2.46. The summed E-state index contributed by atoms with van der Waals surface area (Å²) in [5, 5.41) is 0. The number of ether oxygens (including phenoxy) is 1. The van der Waals surface area contributed by atoms with E-state index in [1.54, 1.807) is 0 Å². The fraction of sp³-hybridized carbons (Fsp3) is 0.750. The van der Waals surface area contributed by atoms with Gasteiger partial charge in [-0.3, -0.25) is 4.79 Å². The molecule has 22 heavy (non-hydrogen) atoms. The van der Waals surface area contributed by atoms with Gasteiger partial charge in [0.25, 0.3) is 0 Å². The molecule has 2 aliphatic rings. The topological polar surface area (TPSA) is 26.3 Å². The third kappa shape index (κ3) is 3.47. The van der Waals surface area contributed by atoms with Crippen molar-refractivity contribution >= 4 is 5.97 Å². The molecule has 0 saturated carbocycles. The van der Waals surface area contributed by atoms with Crippen molar-refractivity contribution in [3.63, 3.8) is 0 Å². The summed E-state index contributed by atoms with van der Waals surface area (Å²) in [6.45, 7) is 13.1. The van der Waals surface area contributed by atoms with Crippen LogP contribution in [-0.4, -0.2) is 12.1 Å². The first-order valence-corrected chi connectivity index (χ1v) is 8.95. The van der Waals surface area contributed by atoms with Crippen LogP contribution in [0.3, 0.4) is 0 Å². The maximum Gasteiger partial charge on any atom is 0.308 e. The van der Waals surface area contributed by atoms with Crippen molar-refractivity contribution in [2.24, 2.45) is 35.5 Å². The zero-order valence-electron chi connectivity index (χ0n) is 15.0. The van der Waals surface area contributed by atoms with Crippen LogP contribution in [0.1, 0.15) is 54.4 Å². The van der Waals surface area contributed by atoms with Gasteiger partial charge in [-0.2, -0.15) is 0 Å². The Morgan fingerprint density at radius 3 is 2.59 bits per heavy atom. The van der Waals surface area contributed by atoms with Crippen LogP contribution in [0, 0.1) is 35.5 Å². The Hall–Kier alpha value is -1.05. The number of esters is 1. The Morgan fingerprint density at radius 1 is 1.32 bits per heavy atom. The van der Waals surface area contributed by atoms with Gasteiger partial charge in [-0.25, -0.2) is 0 Å². The number of allylic oxidation sites excluding steroid dienone is 3. The molecule has 2 nitrogen and oxygen atoms in total. The number of carbonyl (C=O) groups is 1. The first kappa shape index (κ1) is 17.3. The molecule has 124 valence electrons. The van der Waals surface area contributed by atoms with Crippen LogP contribution in [0.4, 0.5) is 0 Å². The van der Waals surface area contributed by atoms with Crippen molar-refractivity contribution in [3.8, 4) is 0 Å². The van der Waals surface area contributed by atoms with Gasteiger partial charge in [0, 0.05) is 5.92 Å². The third-order valence-corrected chi connectivity index (χ3v) is 5.53. The summed E-state index contributed by atoms with van der Waals surface area (Å²) in [5.41, 5.74) is 1.39. The van der Waals surface area contributed by atoms with Crippen molar-refractivity contribution in [1.82, 2.24) is 0 Å². The highest BCUT2D eigenvalue weighted by atomic mass is 16.5. The second-order valence-electron chi connectivity index (χ2n) is 7.73. The standard InChI is InChI=1S/C20H32O2/c1-7-14(5)20(21)22-17-11-13(4)10-16-9-8-15(6)18(12(2)3)19(16)17/h8-10,12-15,17-19H,7,11H2,1-6H3/t13?,14-,15+,17-,18?,19?/m0/s1. The molecular formula is C20H32O2. The molecule has 0 aromatic carbocycles. The Bertz CT molecular complexity index is 460. The lowest BCUT2D eigenvalue weighted by Crippen LogP contribution is -2.43. The van der Waals surface area contributed by atoms with Crippen LogP contribution in [0.25, 0.3) is 0 Å². The van der Waals surface area contributed by atoms with Crippen molar-refractivity contribution in [2.45, 2.75) is 60.5 Å². The monoisotopic (exact) mass is 304 g/mol. The fourth-order valence-corrected chi connectivity index (χ4v) is 4.17. The van der Waals surface area contributed by atoms with Gasteiger partial charge in [0.2, 0.25) is 0 Å². The van der Waals surface area contributed by atoms with E-state index >= 15 is 0 Å². The van der Waals surface area contributed by atoms with Gasteiger partial charge in [0.15, 0.2) is 0 Å². The van der Waals surface area contributed by atoms with E-state index in [1.807, 2.05) is 13.8 Å². The predicted molar refractivity (Wildman–Crippen MR) is 91.3 cm³/mol. The van der Waals surface area contributed by atoms with E-state index in [4.69, 9.17) is 4.74 Å². The third-order valence-electron chi connectivity index (χ3n) is 5.53. The molecule has 2 aliphatic carbocycles. The lowest BCUT2D eigenvalue weighted by atomic mass is 9.63. The van der Waals surface area contributed by atoms with Gasteiger partial charge in [0.05, 0.1) is 5.92 Å². The summed E-state index contributed by atoms with van der Waals surface area (Å²) >= 11 is 0. The predicted octanol–water partition coefficient (Wildman–Crippen LogP) is 5.00. The van der Waals surface area contributed by atoms with E-state index in [2.05, 4.69) is 45.9 Å². The molecule has 0 aromatic rings. The maximum atomic E-state index is 12.3. The summed E-state index contributed by atoms with van der Waals surface area (Å²) in [6, 6.07) is 0. The van der Waals surface area contributed by atoms with Crippen molar-refractivity contribution < 1.29 is 9.53 Å². The number of hydrogen-bond donors (Lipinski definition) is 0. The molecule has 0 bridgehead atoms. The molecule has 3 unspecified atom stereocenters. The first-order chi connectivity index (χ1) is 10.3. The molecule has 0 amide bonds. The normalized spacial score (nSPS) is 35.8. The van der Waals surface area contributed by atoms with Crippen LogP contribution >= 0.6 is 0 Å². The highest BCUT2D eigenvalue weighted by molar-refractivity contribution is 5.72. The molecule has 0 spiro atoms. The zero-order valence-corrected chi connectivity index (χ0v) is 15.0. The highest BCUT2D eigenvalue weighted by Gasteiger charge is 2.42. The molecule has 0 aliphatic heterocycles. The van der Waals surface area contributed by atoms with E-state index in [1.165, 1.54) is 5.57 Å². The van der Waals surface area contributed by atoms with Crippen LogP contribution in [-0.2, 0) is 9.53 Å². The minimum Gasteiger partial charge on any atom is -0.461 e. The second kappa shape index (κ2) is 7.02. The number of hydrogen-bond acceptors (Lipinski definition) is 2. The largest absolute Gasteiger partial charge is 0.461 e. The molecule has 0 heterocycles. The number of rotatable bonds is 4. The fourth-order valence-electron chi connectivity index (χ4n) is 4.17. The van der Waals surface area contributed by atoms with Gasteiger partial charge < -0.3 is 4.74 Å². The number of fused-ring (bicyclic) bond motifs is 1. The van der Waals surface area contributed by atoms with E-state index in [9.17, 15) is 4.79 Å². The Labute approximate surface area is 136 Å². The summed E-state index contributed by atoms with van der Waals surface area (Å²) in [6.07, 6.45) is 8.83. The van der Waals surface area contributed by atoms with Gasteiger partial charge in [-0.1, -0.05) is 59.8 Å². The van der Waals surface area contributed by atoms with Crippen LogP contribution in [0.5, 0.6) is 0 Å². The average molecular weight is 304 g/mol. The van der Waals surface area contributed by atoms with Gasteiger partial charge >= 0.3 is 5.97 Å². The SMILES string of the molecule is CC[C@H](C)C(=O)O[C@H]1CC(C)C=C2C=C[C@@H](C)C(C(C)C)C21. The smallest absolute Gasteiger partial charge is 0.308 e. The summed E-state index contributed by atoms with van der Waals surface area (Å²) in [7, 11) is 0. The Balaban J connectivity index is 2.28. The van der Waals surface area contributed by atoms with Crippen LogP contribution in [0.2, 0.25) is 0 Å². The van der Waals surface area contributed by atoms with Gasteiger partial charge in [-0.15, -0.1) is 0 Å². The molecule has 2 heteroatoms. The molecule has 0 radical (unpaired) electrons. The molecule has 0 N–H and O–H groups in total.